The van der Waals surface area contributed by atoms with Gasteiger partial charge in [-0.25, -0.2) is 14.4 Å². The predicted molar refractivity (Wildman–Crippen MR) is 180 cm³/mol. The molecule has 2 heterocycles. The molecule has 0 aliphatic carbocycles. The van der Waals surface area contributed by atoms with Gasteiger partial charge < -0.3 is 0 Å². The van der Waals surface area contributed by atoms with E-state index in [-0.39, 0.29) is 5.69 Å². The maximum atomic E-state index is 15.7. The highest BCUT2D eigenvalue weighted by Gasteiger charge is 2.19. The number of pyridine rings is 1. The fourth-order valence-electron chi connectivity index (χ4n) is 5.39. The van der Waals surface area contributed by atoms with Gasteiger partial charge in [0, 0.05) is 41.7 Å². The van der Waals surface area contributed by atoms with Crippen LogP contribution in [-0.2, 0) is 12.8 Å². The van der Waals surface area contributed by atoms with Crippen molar-refractivity contribution in [2.24, 2.45) is 4.99 Å². The number of nitrogens with zero attached hydrogens (tertiary/aromatic N) is 5. The lowest BCUT2D eigenvalue weighted by molar-refractivity contribution is 0.601. The number of thiocarbonyl (C=S) groups is 1. The molecule has 0 fully saturated rings. The molecule has 0 unspecified atom stereocenters. The van der Waals surface area contributed by atoms with Gasteiger partial charge in [0.2, 0.25) is 0 Å². The lowest BCUT2D eigenvalue weighted by atomic mass is 9.91. The molecule has 0 saturated carbocycles. The van der Waals surface area contributed by atoms with E-state index in [2.05, 4.69) is 51.1 Å². The monoisotopic (exact) mass is 605 g/mol. The van der Waals surface area contributed by atoms with Crippen molar-refractivity contribution in [3.8, 4) is 39.6 Å². The zero-order valence-corrected chi connectivity index (χ0v) is 26.6. The predicted octanol–water partition coefficient (Wildman–Crippen LogP) is 10.6. The van der Waals surface area contributed by atoms with Crippen LogP contribution < -0.4 is 0 Å². The number of hydrogen-bond acceptors (Lipinski definition) is 6. The second-order valence-corrected chi connectivity index (χ2v) is 11.4. The maximum absolute atomic E-state index is 15.7. The summed E-state index contributed by atoms with van der Waals surface area (Å²) in [5.74, 6) is 0.262. The van der Waals surface area contributed by atoms with Gasteiger partial charge in [0.25, 0.3) is 0 Å². The molecule has 2 aromatic heterocycles. The van der Waals surface area contributed by atoms with Crippen LogP contribution in [0.2, 0.25) is 0 Å². The van der Waals surface area contributed by atoms with Gasteiger partial charge in [-0.05, 0) is 78.5 Å². The summed E-state index contributed by atoms with van der Waals surface area (Å²) >= 11 is 4.88. The molecule has 0 radical (unpaired) electrons. The molecule has 5 nitrogen and oxygen atoms in total. The zero-order chi connectivity index (χ0) is 31.1. The van der Waals surface area contributed by atoms with Crippen molar-refractivity contribution in [3.05, 3.63) is 83.8 Å². The molecular weight excluding hydrogens is 566 g/mol. The zero-order valence-electron chi connectivity index (χ0n) is 25.8. The molecule has 7 heteroatoms. The smallest absolute Gasteiger partial charge is 0.150 e. The molecule has 0 N–H and O–H groups in total. The van der Waals surface area contributed by atoms with E-state index < -0.39 is 5.82 Å². The van der Waals surface area contributed by atoms with E-state index in [0.717, 1.165) is 48.2 Å². The van der Waals surface area contributed by atoms with Gasteiger partial charge in [0.1, 0.15) is 11.5 Å². The van der Waals surface area contributed by atoms with E-state index in [1.807, 2.05) is 24.4 Å². The van der Waals surface area contributed by atoms with Gasteiger partial charge >= 0.3 is 0 Å². The molecule has 4 aromatic rings. The molecular formula is C37H40FN5S. The van der Waals surface area contributed by atoms with Crippen molar-refractivity contribution < 1.29 is 4.39 Å². The lowest BCUT2D eigenvalue weighted by Gasteiger charge is -2.15. The van der Waals surface area contributed by atoms with Crippen LogP contribution in [0.5, 0.6) is 0 Å². The van der Waals surface area contributed by atoms with Crippen LogP contribution in [-0.4, -0.2) is 20.1 Å². The normalized spacial score (nSPS) is 10.8. The number of aryl methyl sites for hydroxylation is 2. The number of halogens is 1. The fraction of sp³-hybridized carbons (Fsp3) is 0.378. The minimum absolute atomic E-state index is 0.0632. The SMILES string of the molecule is CCCCCCCCc1ncc(-c2ccc(C#N)cc2-c2cc(-c3ccc(CCCCCC)cn3)cc(F)c2N=C=S)cn1. The molecule has 2 aromatic carbocycles. The molecule has 44 heavy (non-hydrogen) atoms. The van der Waals surface area contributed by atoms with Crippen LogP contribution >= 0.6 is 12.2 Å². The highest BCUT2D eigenvalue weighted by molar-refractivity contribution is 7.78. The maximum Gasteiger partial charge on any atom is 0.150 e. The number of aliphatic imine (C=N–C) groups is 1. The summed E-state index contributed by atoms with van der Waals surface area (Å²) in [6.07, 6.45) is 19.3. The Morgan fingerprint density at radius 1 is 0.727 bits per heavy atom. The van der Waals surface area contributed by atoms with Crippen LogP contribution in [0.25, 0.3) is 33.5 Å². The number of hydrogen-bond donors (Lipinski definition) is 0. The molecule has 226 valence electrons. The van der Waals surface area contributed by atoms with E-state index in [4.69, 9.17) is 12.2 Å². The number of rotatable bonds is 16. The first-order valence-electron chi connectivity index (χ1n) is 15.8. The van der Waals surface area contributed by atoms with Gasteiger partial charge in [-0.2, -0.15) is 10.3 Å². The minimum atomic E-state index is -0.542. The third kappa shape index (κ3) is 8.95. The summed E-state index contributed by atoms with van der Waals surface area (Å²) in [6.45, 7) is 4.42. The second-order valence-electron chi connectivity index (χ2n) is 11.2. The largest absolute Gasteiger partial charge is 0.256 e. The van der Waals surface area contributed by atoms with Gasteiger partial charge in [-0.3, -0.25) is 4.98 Å². The summed E-state index contributed by atoms with van der Waals surface area (Å²) in [6, 6.07) is 14.8. The van der Waals surface area contributed by atoms with Gasteiger partial charge in [-0.15, -0.1) is 0 Å². The summed E-state index contributed by atoms with van der Waals surface area (Å²) in [7, 11) is 0. The van der Waals surface area contributed by atoms with E-state index in [0.29, 0.717) is 27.9 Å². The molecule has 0 aliphatic heterocycles. The fourth-order valence-corrected chi connectivity index (χ4v) is 5.48. The van der Waals surface area contributed by atoms with Crippen LogP contribution in [0.4, 0.5) is 10.1 Å². The summed E-state index contributed by atoms with van der Waals surface area (Å²) < 4.78 is 15.7. The van der Waals surface area contributed by atoms with Crippen LogP contribution in [0, 0.1) is 17.1 Å². The standard InChI is InChI=1S/C37H40FN5S/c1-3-5-7-9-10-12-14-36-41-24-30(25-42-36)31-17-15-28(22-39)19-32(31)33-20-29(21-34(38)37(33)43-26-44)35-18-16-27(23-40-35)13-11-8-6-4-2/h15-21,23-25H,3-14H2,1-2H3. The minimum Gasteiger partial charge on any atom is -0.256 e. The van der Waals surface area contributed by atoms with Crippen molar-refractivity contribution >= 4 is 23.1 Å². The first-order valence-corrected chi connectivity index (χ1v) is 16.2. The third-order valence-corrected chi connectivity index (χ3v) is 7.96. The molecule has 0 atom stereocenters. The van der Waals surface area contributed by atoms with E-state index in [1.54, 1.807) is 24.5 Å². The van der Waals surface area contributed by atoms with E-state index in [9.17, 15) is 5.26 Å². The van der Waals surface area contributed by atoms with Crippen LogP contribution in [0.1, 0.15) is 95.0 Å². The molecule has 0 amide bonds. The van der Waals surface area contributed by atoms with E-state index >= 15 is 4.39 Å². The molecule has 0 bridgehead atoms. The number of aromatic nitrogens is 3. The number of benzene rings is 2. The average Bonchev–Trinajstić information content (AvgIpc) is 3.06. The Morgan fingerprint density at radius 3 is 2.11 bits per heavy atom. The summed E-state index contributed by atoms with van der Waals surface area (Å²) in [4.78, 5) is 18.0. The Bertz CT molecular complexity index is 1600. The first kappa shape index (κ1) is 32.8. The number of nitriles is 1. The van der Waals surface area contributed by atoms with Crippen molar-refractivity contribution in [2.75, 3.05) is 0 Å². The summed E-state index contributed by atoms with van der Waals surface area (Å²) in [5, 5.41) is 12.0. The molecule has 0 spiro atoms. The van der Waals surface area contributed by atoms with Crippen molar-refractivity contribution in [2.45, 2.75) is 90.9 Å². The highest BCUT2D eigenvalue weighted by atomic mass is 32.1. The second kappa shape index (κ2) is 17.3. The van der Waals surface area contributed by atoms with Crippen molar-refractivity contribution in [1.29, 1.82) is 5.26 Å². The van der Waals surface area contributed by atoms with Gasteiger partial charge in [-0.1, -0.05) is 77.3 Å². The van der Waals surface area contributed by atoms with E-state index in [1.165, 1.54) is 57.4 Å². The Hall–Kier alpha value is -4.11. The molecule has 0 saturated heterocycles. The quantitative estimate of drug-likeness (QED) is 0.0721. The Balaban J connectivity index is 1.67. The number of unbranched alkanes of at least 4 members (excludes halogenated alkanes) is 8. The molecule has 4 rings (SSSR count). The highest BCUT2D eigenvalue weighted by Crippen LogP contribution is 2.41. The summed E-state index contributed by atoms with van der Waals surface area (Å²) in [5.41, 5.74) is 5.59. The number of isothiocyanates is 1. The van der Waals surface area contributed by atoms with Gasteiger partial charge in [0.05, 0.1) is 22.5 Å². The molecule has 0 aliphatic rings. The topological polar surface area (TPSA) is 74.8 Å². The van der Waals surface area contributed by atoms with Crippen LogP contribution in [0.15, 0.2) is 66.0 Å². The third-order valence-electron chi connectivity index (χ3n) is 7.87. The lowest BCUT2D eigenvalue weighted by Crippen LogP contribution is -1.97. The Kier molecular flexibility index (Phi) is 12.9. The first-order chi connectivity index (χ1) is 21.6. The van der Waals surface area contributed by atoms with Crippen LogP contribution in [0.3, 0.4) is 0 Å². The average molecular weight is 606 g/mol. The van der Waals surface area contributed by atoms with Crippen molar-refractivity contribution in [3.63, 3.8) is 0 Å². The van der Waals surface area contributed by atoms with Crippen molar-refractivity contribution in [1.82, 2.24) is 15.0 Å². The Labute approximate surface area is 266 Å². The Morgan fingerprint density at radius 2 is 1.43 bits per heavy atom. The van der Waals surface area contributed by atoms with Gasteiger partial charge in [0.15, 0.2) is 5.82 Å².